The molecule has 0 unspecified atom stereocenters. The van der Waals surface area contributed by atoms with Gasteiger partial charge < -0.3 is 5.32 Å². The molecule has 2 rings (SSSR count). The number of carbonyl (C=O) groups excluding carboxylic acids is 1. The summed E-state index contributed by atoms with van der Waals surface area (Å²) in [5.41, 5.74) is 0.450. The number of hydrogen-bond acceptors (Lipinski definition) is 5. The monoisotopic (exact) mass is 347 g/mol. The molecular formula is C15H17N5O3S. The fourth-order valence-electron chi connectivity index (χ4n) is 2.05. The molecule has 126 valence electrons. The van der Waals surface area contributed by atoms with Crippen LogP contribution in [-0.4, -0.2) is 37.1 Å². The van der Waals surface area contributed by atoms with E-state index in [0.717, 1.165) is 4.31 Å². The van der Waals surface area contributed by atoms with Crippen LogP contribution in [-0.2, 0) is 14.8 Å². The molecule has 2 N–H and O–H groups in total. The van der Waals surface area contributed by atoms with Gasteiger partial charge in [-0.15, -0.1) is 0 Å². The van der Waals surface area contributed by atoms with E-state index in [1.165, 1.54) is 36.7 Å². The highest BCUT2D eigenvalue weighted by Gasteiger charge is 2.28. The summed E-state index contributed by atoms with van der Waals surface area (Å²) in [5, 5.41) is 17.9. The highest BCUT2D eigenvalue weighted by Crippen LogP contribution is 2.23. The van der Waals surface area contributed by atoms with Crippen molar-refractivity contribution in [2.24, 2.45) is 0 Å². The van der Waals surface area contributed by atoms with Crippen molar-refractivity contribution >= 4 is 21.6 Å². The summed E-state index contributed by atoms with van der Waals surface area (Å²) in [6, 6.07) is 7.41. The number of anilines is 1. The minimum absolute atomic E-state index is 0.0694. The van der Waals surface area contributed by atoms with Crippen LogP contribution in [0.15, 0.2) is 41.6 Å². The van der Waals surface area contributed by atoms with Gasteiger partial charge in [0.1, 0.15) is 6.54 Å². The quantitative estimate of drug-likeness (QED) is 0.808. The molecule has 24 heavy (non-hydrogen) atoms. The lowest BCUT2D eigenvalue weighted by atomic mass is 10.2. The van der Waals surface area contributed by atoms with Crippen molar-refractivity contribution in [3.8, 4) is 6.07 Å². The number of benzene rings is 1. The smallest absolute Gasteiger partial charge is 0.264 e. The van der Waals surface area contributed by atoms with E-state index >= 15 is 0 Å². The number of aromatic amines is 1. The molecule has 0 bridgehead atoms. The molecule has 8 nitrogen and oxygen atoms in total. The highest BCUT2D eigenvalue weighted by atomic mass is 32.2. The first-order valence-corrected chi connectivity index (χ1v) is 8.59. The Kier molecular flexibility index (Phi) is 5.21. The van der Waals surface area contributed by atoms with Crippen molar-refractivity contribution in [1.29, 1.82) is 5.26 Å². The lowest BCUT2D eigenvalue weighted by Gasteiger charge is -2.23. The first-order chi connectivity index (χ1) is 11.3. The van der Waals surface area contributed by atoms with Gasteiger partial charge in [-0.05, 0) is 32.0 Å². The van der Waals surface area contributed by atoms with Crippen molar-refractivity contribution < 1.29 is 13.2 Å². The highest BCUT2D eigenvalue weighted by molar-refractivity contribution is 7.92. The van der Waals surface area contributed by atoms with E-state index in [1.54, 1.807) is 13.8 Å². The van der Waals surface area contributed by atoms with E-state index < -0.39 is 22.5 Å². The first-order valence-electron chi connectivity index (χ1n) is 7.15. The number of carbonyl (C=O) groups is 1. The molecule has 2 aromatic rings. The van der Waals surface area contributed by atoms with Crippen LogP contribution < -0.4 is 9.62 Å². The Balaban J connectivity index is 2.42. The molecule has 0 aliphatic rings. The van der Waals surface area contributed by atoms with Crippen LogP contribution in [0, 0.1) is 11.3 Å². The Morgan fingerprint density at radius 3 is 2.79 bits per heavy atom. The predicted molar refractivity (Wildman–Crippen MR) is 87.6 cm³/mol. The minimum atomic E-state index is -4.03. The van der Waals surface area contributed by atoms with Crippen LogP contribution in [0.2, 0.25) is 0 Å². The number of nitriles is 1. The van der Waals surface area contributed by atoms with Crippen LogP contribution >= 0.6 is 0 Å². The third-order valence-corrected chi connectivity index (χ3v) is 4.83. The van der Waals surface area contributed by atoms with Gasteiger partial charge in [-0.3, -0.25) is 14.2 Å². The Labute approximate surface area is 140 Å². The Morgan fingerprint density at radius 1 is 1.46 bits per heavy atom. The lowest BCUT2D eigenvalue weighted by Crippen LogP contribution is -2.42. The van der Waals surface area contributed by atoms with Crippen molar-refractivity contribution in [3.63, 3.8) is 0 Å². The van der Waals surface area contributed by atoms with Crippen molar-refractivity contribution in [2.45, 2.75) is 24.8 Å². The summed E-state index contributed by atoms with van der Waals surface area (Å²) in [6.45, 7) is 3.17. The van der Waals surface area contributed by atoms with Gasteiger partial charge in [0.15, 0.2) is 0 Å². The van der Waals surface area contributed by atoms with Gasteiger partial charge in [0.25, 0.3) is 10.0 Å². The number of nitrogens with zero attached hydrogens (tertiary/aromatic N) is 3. The van der Waals surface area contributed by atoms with E-state index in [0.29, 0.717) is 0 Å². The molecule has 0 spiro atoms. The van der Waals surface area contributed by atoms with Crippen LogP contribution in [0.1, 0.15) is 19.4 Å². The Morgan fingerprint density at radius 2 is 2.21 bits per heavy atom. The number of aromatic nitrogens is 2. The van der Waals surface area contributed by atoms with Gasteiger partial charge in [-0.2, -0.15) is 10.4 Å². The van der Waals surface area contributed by atoms with E-state index in [-0.39, 0.29) is 22.2 Å². The molecule has 0 atom stereocenters. The SMILES string of the molecule is CC(C)NC(=O)CN(c1cn[nH]c1)S(=O)(=O)c1cccc(C#N)c1. The molecule has 0 aliphatic carbocycles. The van der Waals surface area contributed by atoms with Gasteiger partial charge >= 0.3 is 0 Å². The fraction of sp³-hybridized carbons (Fsp3) is 0.267. The van der Waals surface area contributed by atoms with Gasteiger partial charge in [-0.1, -0.05) is 6.07 Å². The van der Waals surface area contributed by atoms with E-state index in [1.807, 2.05) is 6.07 Å². The second kappa shape index (κ2) is 7.14. The molecule has 0 saturated carbocycles. The number of amides is 1. The average molecular weight is 347 g/mol. The number of nitrogens with one attached hydrogen (secondary N) is 2. The predicted octanol–water partition coefficient (Wildman–Crippen LogP) is 1.00. The van der Waals surface area contributed by atoms with Crippen LogP contribution in [0.3, 0.4) is 0 Å². The number of hydrogen-bond donors (Lipinski definition) is 2. The normalized spacial score (nSPS) is 11.1. The van der Waals surface area contributed by atoms with Gasteiger partial charge in [0.2, 0.25) is 5.91 Å². The fourth-order valence-corrected chi connectivity index (χ4v) is 3.49. The third-order valence-electron chi connectivity index (χ3n) is 3.06. The molecule has 9 heteroatoms. The Bertz CT molecular complexity index is 853. The average Bonchev–Trinajstić information content (AvgIpc) is 3.05. The van der Waals surface area contributed by atoms with Crippen molar-refractivity contribution in [3.05, 3.63) is 42.2 Å². The van der Waals surface area contributed by atoms with E-state index in [2.05, 4.69) is 15.5 Å². The molecule has 0 saturated heterocycles. The number of H-pyrrole nitrogens is 1. The van der Waals surface area contributed by atoms with Gasteiger partial charge in [0.05, 0.1) is 28.4 Å². The third kappa shape index (κ3) is 3.91. The summed E-state index contributed by atoms with van der Waals surface area (Å²) in [5.74, 6) is -0.439. The molecular weight excluding hydrogens is 330 g/mol. The second-order valence-corrected chi connectivity index (χ2v) is 7.19. The van der Waals surface area contributed by atoms with Gasteiger partial charge in [-0.25, -0.2) is 8.42 Å². The molecule has 1 aromatic heterocycles. The zero-order valence-corrected chi connectivity index (χ0v) is 14.0. The van der Waals surface area contributed by atoms with Crippen molar-refractivity contribution in [2.75, 3.05) is 10.8 Å². The summed E-state index contributed by atoms with van der Waals surface area (Å²) >= 11 is 0. The zero-order valence-electron chi connectivity index (χ0n) is 13.2. The largest absolute Gasteiger partial charge is 0.352 e. The second-order valence-electron chi connectivity index (χ2n) is 5.33. The molecule has 1 heterocycles. The summed E-state index contributed by atoms with van der Waals surface area (Å²) in [4.78, 5) is 12.0. The van der Waals surface area contributed by atoms with E-state index in [9.17, 15) is 13.2 Å². The lowest BCUT2D eigenvalue weighted by molar-refractivity contribution is -0.120. The molecule has 0 radical (unpaired) electrons. The molecule has 0 fully saturated rings. The molecule has 0 aliphatic heterocycles. The maximum Gasteiger partial charge on any atom is 0.264 e. The standard InChI is InChI=1S/C15H17N5O3S/c1-11(2)19-15(21)10-20(13-8-17-18-9-13)24(22,23)14-5-3-4-12(6-14)7-16/h3-6,8-9,11H,10H2,1-2H3,(H,17,18)(H,19,21). The first kappa shape index (κ1) is 17.5. The van der Waals surface area contributed by atoms with E-state index in [4.69, 9.17) is 5.26 Å². The summed E-state index contributed by atoms with van der Waals surface area (Å²) in [6.07, 6.45) is 2.70. The Hall–Kier alpha value is -2.86. The maximum absolute atomic E-state index is 12.9. The minimum Gasteiger partial charge on any atom is -0.352 e. The van der Waals surface area contributed by atoms with Crippen molar-refractivity contribution in [1.82, 2.24) is 15.5 Å². The van der Waals surface area contributed by atoms with Crippen LogP contribution in [0.25, 0.3) is 0 Å². The van der Waals surface area contributed by atoms with Crippen LogP contribution in [0.4, 0.5) is 5.69 Å². The van der Waals surface area contributed by atoms with Crippen LogP contribution in [0.5, 0.6) is 0 Å². The summed E-state index contributed by atoms with van der Waals surface area (Å²) in [7, 11) is -4.03. The zero-order chi connectivity index (χ0) is 17.7. The number of sulfonamides is 1. The number of rotatable bonds is 6. The van der Waals surface area contributed by atoms with Gasteiger partial charge in [0, 0.05) is 12.2 Å². The maximum atomic E-state index is 12.9. The topological polar surface area (TPSA) is 119 Å². The molecule has 1 amide bonds. The summed E-state index contributed by atoms with van der Waals surface area (Å²) < 4.78 is 26.8. The molecule has 1 aromatic carbocycles.